The SMILES string of the molecule is CCCN(C)C(=O)c1nc(N)c2[nH]c(=O)c(=O)n(Cc3cccc(CN4CCCC4)c3)c2n1. The van der Waals surface area contributed by atoms with E-state index in [1.807, 2.05) is 25.1 Å². The molecule has 2 aromatic heterocycles. The van der Waals surface area contributed by atoms with Gasteiger partial charge in [-0.2, -0.15) is 0 Å². The first kappa shape index (κ1) is 22.7. The van der Waals surface area contributed by atoms with E-state index in [1.54, 1.807) is 7.05 Å². The van der Waals surface area contributed by atoms with Crippen LogP contribution in [0.25, 0.3) is 11.2 Å². The van der Waals surface area contributed by atoms with Crippen molar-refractivity contribution in [1.82, 2.24) is 29.3 Å². The minimum Gasteiger partial charge on any atom is -0.382 e. The maximum atomic E-state index is 12.8. The number of aromatic nitrogens is 4. The smallest absolute Gasteiger partial charge is 0.318 e. The highest BCUT2D eigenvalue weighted by molar-refractivity contribution is 5.93. The molecular weight excluding hydrogens is 422 g/mol. The van der Waals surface area contributed by atoms with Crippen LogP contribution in [0.1, 0.15) is 47.9 Å². The molecule has 4 rings (SSSR count). The minimum absolute atomic E-state index is 0.0538. The van der Waals surface area contributed by atoms with Gasteiger partial charge in [0.2, 0.25) is 5.82 Å². The topological polar surface area (TPSA) is 130 Å². The summed E-state index contributed by atoms with van der Waals surface area (Å²) in [6.07, 6.45) is 3.20. The van der Waals surface area contributed by atoms with Crippen molar-refractivity contribution in [2.24, 2.45) is 0 Å². The third-order valence-corrected chi connectivity index (χ3v) is 5.89. The molecule has 1 amide bonds. The molecule has 1 saturated heterocycles. The number of nitrogen functional groups attached to an aromatic ring is 1. The van der Waals surface area contributed by atoms with Crippen molar-refractivity contribution in [2.75, 3.05) is 32.4 Å². The van der Waals surface area contributed by atoms with E-state index < -0.39 is 17.0 Å². The lowest BCUT2D eigenvalue weighted by Crippen LogP contribution is -2.38. The molecule has 1 aliphatic heterocycles. The van der Waals surface area contributed by atoms with Gasteiger partial charge in [0.25, 0.3) is 5.91 Å². The normalized spacial score (nSPS) is 14.1. The standard InChI is InChI=1S/C23H29N7O3/c1-3-9-28(2)22(32)19-26-18(24)17-20(27-19)30(23(33)21(31)25-17)14-16-8-6-7-15(12-16)13-29-10-4-5-11-29/h6-8,12H,3-5,9-11,13-14H2,1-2H3,(H,25,31)(H2,24,26,27). The Morgan fingerprint density at radius 1 is 1.15 bits per heavy atom. The fourth-order valence-corrected chi connectivity index (χ4v) is 4.22. The summed E-state index contributed by atoms with van der Waals surface area (Å²) in [7, 11) is 1.65. The van der Waals surface area contributed by atoms with Crippen LogP contribution in [0.15, 0.2) is 33.9 Å². The summed E-state index contributed by atoms with van der Waals surface area (Å²) in [6, 6.07) is 7.93. The van der Waals surface area contributed by atoms with Gasteiger partial charge in [-0.05, 0) is 43.5 Å². The molecule has 1 fully saturated rings. The lowest BCUT2D eigenvalue weighted by atomic mass is 10.1. The maximum absolute atomic E-state index is 12.8. The van der Waals surface area contributed by atoms with Crippen LogP contribution in [0.5, 0.6) is 0 Å². The predicted molar refractivity (Wildman–Crippen MR) is 126 cm³/mol. The van der Waals surface area contributed by atoms with Gasteiger partial charge < -0.3 is 15.6 Å². The van der Waals surface area contributed by atoms with Gasteiger partial charge in [-0.3, -0.25) is 23.9 Å². The van der Waals surface area contributed by atoms with E-state index >= 15 is 0 Å². The number of aromatic amines is 1. The van der Waals surface area contributed by atoms with Gasteiger partial charge in [0.05, 0.1) is 6.54 Å². The second-order valence-corrected chi connectivity index (χ2v) is 8.51. The molecule has 10 nitrogen and oxygen atoms in total. The van der Waals surface area contributed by atoms with Crippen LogP contribution >= 0.6 is 0 Å². The van der Waals surface area contributed by atoms with Gasteiger partial charge in [0.1, 0.15) is 5.52 Å². The summed E-state index contributed by atoms with van der Waals surface area (Å²) >= 11 is 0. The van der Waals surface area contributed by atoms with Crippen LogP contribution in [0.4, 0.5) is 5.82 Å². The number of amides is 1. The molecule has 3 heterocycles. The summed E-state index contributed by atoms with van der Waals surface area (Å²) in [5, 5.41) is 0. The monoisotopic (exact) mass is 451 g/mol. The number of nitrogens with two attached hydrogens (primary N) is 1. The summed E-state index contributed by atoms with van der Waals surface area (Å²) < 4.78 is 1.26. The summed E-state index contributed by atoms with van der Waals surface area (Å²) in [5.74, 6) is -0.566. The lowest BCUT2D eigenvalue weighted by Gasteiger charge is -2.17. The Hall–Kier alpha value is -3.53. The van der Waals surface area contributed by atoms with Crippen LogP contribution in [-0.4, -0.2) is 61.9 Å². The molecule has 174 valence electrons. The Balaban J connectivity index is 1.75. The van der Waals surface area contributed by atoms with Crippen LogP contribution < -0.4 is 16.9 Å². The van der Waals surface area contributed by atoms with E-state index in [0.29, 0.717) is 6.54 Å². The average Bonchev–Trinajstić information content (AvgIpc) is 3.30. The summed E-state index contributed by atoms with van der Waals surface area (Å²) in [4.78, 5) is 52.6. The van der Waals surface area contributed by atoms with Crippen molar-refractivity contribution >= 4 is 22.9 Å². The van der Waals surface area contributed by atoms with Crippen molar-refractivity contribution in [1.29, 1.82) is 0 Å². The van der Waals surface area contributed by atoms with E-state index in [2.05, 4.69) is 25.9 Å². The third kappa shape index (κ3) is 4.80. The quantitative estimate of drug-likeness (QED) is 0.516. The highest BCUT2D eigenvalue weighted by Gasteiger charge is 2.20. The molecule has 0 bridgehead atoms. The van der Waals surface area contributed by atoms with Crippen molar-refractivity contribution in [3.8, 4) is 0 Å². The molecule has 10 heteroatoms. The van der Waals surface area contributed by atoms with Gasteiger partial charge in [0.15, 0.2) is 11.5 Å². The van der Waals surface area contributed by atoms with Crippen molar-refractivity contribution in [3.05, 3.63) is 61.9 Å². The van der Waals surface area contributed by atoms with Crippen molar-refractivity contribution < 1.29 is 4.79 Å². The molecule has 0 atom stereocenters. The van der Waals surface area contributed by atoms with Crippen molar-refractivity contribution in [3.63, 3.8) is 0 Å². The number of hydrogen-bond acceptors (Lipinski definition) is 7. The summed E-state index contributed by atoms with van der Waals surface area (Å²) in [5.41, 5.74) is 6.75. The van der Waals surface area contributed by atoms with E-state index in [-0.39, 0.29) is 29.4 Å². The van der Waals surface area contributed by atoms with Gasteiger partial charge >= 0.3 is 11.1 Å². The number of rotatable bonds is 7. The highest BCUT2D eigenvalue weighted by Crippen LogP contribution is 2.17. The summed E-state index contributed by atoms with van der Waals surface area (Å²) in [6.45, 7) is 5.63. The van der Waals surface area contributed by atoms with Crippen LogP contribution in [0.3, 0.4) is 0 Å². The molecule has 1 aliphatic rings. The first-order valence-corrected chi connectivity index (χ1v) is 11.2. The van der Waals surface area contributed by atoms with Gasteiger partial charge in [0, 0.05) is 20.1 Å². The molecule has 0 saturated carbocycles. The second kappa shape index (κ2) is 9.53. The molecular formula is C23H29N7O3. The Morgan fingerprint density at radius 2 is 1.85 bits per heavy atom. The molecule has 3 N–H and O–H groups in total. The molecule has 33 heavy (non-hydrogen) atoms. The second-order valence-electron chi connectivity index (χ2n) is 8.51. The van der Waals surface area contributed by atoms with E-state index in [1.165, 1.54) is 22.3 Å². The van der Waals surface area contributed by atoms with E-state index in [0.717, 1.165) is 37.2 Å². The van der Waals surface area contributed by atoms with Crippen molar-refractivity contribution in [2.45, 2.75) is 39.3 Å². The highest BCUT2D eigenvalue weighted by atomic mass is 16.2. The number of carbonyl (C=O) groups excluding carboxylic acids is 1. The number of nitrogens with zero attached hydrogens (tertiary/aromatic N) is 5. The molecule has 0 unspecified atom stereocenters. The van der Waals surface area contributed by atoms with Gasteiger partial charge in [-0.15, -0.1) is 0 Å². The minimum atomic E-state index is -0.812. The van der Waals surface area contributed by atoms with Crippen LogP contribution in [0.2, 0.25) is 0 Å². The Morgan fingerprint density at radius 3 is 2.55 bits per heavy atom. The number of H-pyrrole nitrogens is 1. The molecule has 0 spiro atoms. The lowest BCUT2D eigenvalue weighted by molar-refractivity contribution is 0.0783. The van der Waals surface area contributed by atoms with Gasteiger partial charge in [-0.25, -0.2) is 9.97 Å². The Bertz CT molecular complexity index is 1290. The number of carbonyl (C=O) groups is 1. The number of likely N-dealkylation sites (tertiary alicyclic amines) is 1. The molecule has 1 aromatic carbocycles. The number of nitrogens with one attached hydrogen (secondary N) is 1. The number of anilines is 1. The number of fused-ring (bicyclic) bond motifs is 1. The predicted octanol–water partition coefficient (Wildman–Crippen LogP) is 1.19. The van der Waals surface area contributed by atoms with Crippen LogP contribution in [-0.2, 0) is 13.1 Å². The zero-order valence-electron chi connectivity index (χ0n) is 19.0. The van der Waals surface area contributed by atoms with E-state index in [9.17, 15) is 14.4 Å². The molecule has 0 aliphatic carbocycles. The molecule has 3 aromatic rings. The average molecular weight is 452 g/mol. The molecule has 0 radical (unpaired) electrons. The zero-order valence-corrected chi connectivity index (χ0v) is 19.0. The largest absolute Gasteiger partial charge is 0.382 e. The van der Waals surface area contributed by atoms with E-state index in [4.69, 9.17) is 5.73 Å². The fourth-order valence-electron chi connectivity index (χ4n) is 4.22. The first-order chi connectivity index (χ1) is 15.9. The fraction of sp³-hybridized carbons (Fsp3) is 0.435. The maximum Gasteiger partial charge on any atom is 0.318 e. The Labute approximate surface area is 191 Å². The number of hydrogen-bond donors (Lipinski definition) is 2. The number of benzene rings is 1. The first-order valence-electron chi connectivity index (χ1n) is 11.2. The Kier molecular flexibility index (Phi) is 6.55. The van der Waals surface area contributed by atoms with Crippen LogP contribution in [0, 0.1) is 0 Å². The zero-order chi connectivity index (χ0) is 23.5. The third-order valence-electron chi connectivity index (χ3n) is 5.89. The van der Waals surface area contributed by atoms with Gasteiger partial charge in [-0.1, -0.05) is 31.2 Å².